The highest BCUT2D eigenvalue weighted by Crippen LogP contribution is 2.29. The van der Waals surface area contributed by atoms with Crippen molar-refractivity contribution in [3.05, 3.63) is 76.0 Å². The lowest BCUT2D eigenvalue weighted by Gasteiger charge is -2.28. The van der Waals surface area contributed by atoms with Gasteiger partial charge in [-0.2, -0.15) is 0 Å². The van der Waals surface area contributed by atoms with Crippen LogP contribution in [0.5, 0.6) is 0 Å². The fourth-order valence-electron chi connectivity index (χ4n) is 3.27. The third-order valence-electron chi connectivity index (χ3n) is 4.89. The van der Waals surface area contributed by atoms with Gasteiger partial charge in [-0.3, -0.25) is 15.1 Å². The fraction of sp³-hybridized carbons (Fsp3) is 0.227. The van der Waals surface area contributed by atoms with Crippen molar-refractivity contribution in [2.75, 3.05) is 31.2 Å². The van der Waals surface area contributed by atoms with Crippen LogP contribution in [-0.2, 0) is 4.74 Å². The number of aryl methyl sites for hydroxylation is 1. The first-order valence-electron chi connectivity index (χ1n) is 9.42. The second-order valence-corrected chi connectivity index (χ2v) is 6.83. The van der Waals surface area contributed by atoms with Gasteiger partial charge in [0, 0.05) is 36.5 Å². The molecule has 0 atom stereocenters. The summed E-state index contributed by atoms with van der Waals surface area (Å²) in [5, 5.41) is 11.0. The number of anilines is 1. The first-order chi connectivity index (χ1) is 14.1. The molecule has 1 fully saturated rings. The van der Waals surface area contributed by atoms with Crippen molar-refractivity contribution < 1.29 is 14.1 Å². The van der Waals surface area contributed by atoms with Gasteiger partial charge in [-0.15, -0.1) is 0 Å². The van der Waals surface area contributed by atoms with Crippen molar-refractivity contribution in [3.63, 3.8) is 0 Å². The standard InChI is InChI=1S/C22H21N3O4/c1-16-2-5-19(25(26)27)14-21(16)22-9-8-20(29-22)15-23-17-3-6-18(7-4-17)24-10-12-28-13-11-24/h2-9,14-15H,10-13H2,1H3. The number of furan rings is 1. The van der Waals surface area contributed by atoms with Crippen LogP contribution in [-0.4, -0.2) is 37.4 Å². The Bertz CT molecular complexity index is 1030. The Kier molecular flexibility index (Phi) is 5.39. The average molecular weight is 391 g/mol. The Hall–Kier alpha value is -3.45. The highest BCUT2D eigenvalue weighted by molar-refractivity contribution is 5.80. The largest absolute Gasteiger partial charge is 0.455 e. The molecular formula is C22H21N3O4. The van der Waals surface area contributed by atoms with E-state index in [4.69, 9.17) is 9.15 Å². The summed E-state index contributed by atoms with van der Waals surface area (Å²) in [6.45, 7) is 5.20. The number of nitro benzene ring substituents is 1. The van der Waals surface area contributed by atoms with Crippen molar-refractivity contribution in [2.45, 2.75) is 6.92 Å². The summed E-state index contributed by atoms with van der Waals surface area (Å²) in [6.07, 6.45) is 1.65. The van der Waals surface area contributed by atoms with E-state index in [1.165, 1.54) is 12.1 Å². The molecule has 0 radical (unpaired) electrons. The molecule has 1 saturated heterocycles. The molecule has 0 bridgehead atoms. The van der Waals surface area contributed by atoms with Gasteiger partial charge in [-0.05, 0) is 48.9 Å². The van der Waals surface area contributed by atoms with Gasteiger partial charge >= 0.3 is 0 Å². The van der Waals surface area contributed by atoms with Crippen molar-refractivity contribution in [1.82, 2.24) is 0 Å². The topological polar surface area (TPSA) is 81.1 Å². The number of nitrogens with zero attached hydrogens (tertiary/aromatic N) is 3. The minimum atomic E-state index is -0.408. The lowest BCUT2D eigenvalue weighted by molar-refractivity contribution is -0.384. The van der Waals surface area contributed by atoms with E-state index in [0.29, 0.717) is 17.1 Å². The van der Waals surface area contributed by atoms with Crippen molar-refractivity contribution in [3.8, 4) is 11.3 Å². The van der Waals surface area contributed by atoms with Crippen LogP contribution in [0.25, 0.3) is 11.3 Å². The summed E-state index contributed by atoms with van der Waals surface area (Å²) in [7, 11) is 0. The first kappa shape index (κ1) is 18.9. The van der Waals surface area contributed by atoms with Gasteiger partial charge in [0.2, 0.25) is 0 Å². The maximum Gasteiger partial charge on any atom is 0.270 e. The zero-order chi connectivity index (χ0) is 20.2. The van der Waals surface area contributed by atoms with Crippen LogP contribution in [0.1, 0.15) is 11.3 Å². The number of aliphatic imine (C=N–C) groups is 1. The maximum atomic E-state index is 11.0. The number of rotatable bonds is 5. The number of hydrogen-bond acceptors (Lipinski definition) is 6. The number of nitro groups is 1. The van der Waals surface area contributed by atoms with E-state index in [2.05, 4.69) is 22.0 Å². The Morgan fingerprint density at radius 2 is 1.83 bits per heavy atom. The number of non-ortho nitro benzene ring substituents is 1. The molecule has 2 heterocycles. The van der Waals surface area contributed by atoms with E-state index >= 15 is 0 Å². The van der Waals surface area contributed by atoms with E-state index in [1.54, 1.807) is 24.4 Å². The molecule has 1 aliphatic rings. The van der Waals surface area contributed by atoms with Gasteiger partial charge in [0.15, 0.2) is 0 Å². The number of hydrogen-bond donors (Lipinski definition) is 0. The Balaban J connectivity index is 1.48. The summed E-state index contributed by atoms with van der Waals surface area (Å²) in [4.78, 5) is 17.4. The molecule has 0 amide bonds. The minimum absolute atomic E-state index is 0.0394. The molecule has 4 rings (SSSR count). The number of ether oxygens (including phenoxy) is 1. The Morgan fingerprint density at radius 3 is 2.55 bits per heavy atom. The highest BCUT2D eigenvalue weighted by Gasteiger charge is 2.13. The van der Waals surface area contributed by atoms with Gasteiger partial charge in [-0.25, -0.2) is 0 Å². The highest BCUT2D eigenvalue weighted by atomic mass is 16.6. The lowest BCUT2D eigenvalue weighted by atomic mass is 10.1. The second-order valence-electron chi connectivity index (χ2n) is 6.83. The van der Waals surface area contributed by atoms with Gasteiger partial charge in [0.25, 0.3) is 5.69 Å². The molecule has 0 N–H and O–H groups in total. The molecule has 3 aromatic rings. The normalized spacial score (nSPS) is 14.4. The Labute approximate surface area is 168 Å². The predicted octanol–water partition coefficient (Wildman–Crippen LogP) is 4.75. The molecule has 2 aromatic carbocycles. The summed E-state index contributed by atoms with van der Waals surface area (Å²) < 4.78 is 11.2. The minimum Gasteiger partial charge on any atom is -0.455 e. The van der Waals surface area contributed by atoms with E-state index in [0.717, 1.165) is 43.2 Å². The monoisotopic (exact) mass is 391 g/mol. The van der Waals surface area contributed by atoms with Crippen LogP contribution in [0.4, 0.5) is 17.1 Å². The molecule has 7 nitrogen and oxygen atoms in total. The van der Waals surface area contributed by atoms with Gasteiger partial charge in [-0.1, -0.05) is 6.07 Å². The predicted molar refractivity (Wildman–Crippen MR) is 112 cm³/mol. The SMILES string of the molecule is Cc1ccc([N+](=O)[O-])cc1-c1ccc(C=Nc2ccc(N3CCOCC3)cc2)o1. The molecule has 1 aliphatic heterocycles. The molecule has 1 aromatic heterocycles. The lowest BCUT2D eigenvalue weighted by Crippen LogP contribution is -2.36. The summed E-state index contributed by atoms with van der Waals surface area (Å²) in [5.74, 6) is 1.17. The zero-order valence-corrected chi connectivity index (χ0v) is 16.1. The third-order valence-corrected chi connectivity index (χ3v) is 4.89. The molecule has 0 aliphatic carbocycles. The van der Waals surface area contributed by atoms with Crippen molar-refractivity contribution >= 4 is 23.3 Å². The third kappa shape index (κ3) is 4.35. The van der Waals surface area contributed by atoms with E-state index in [1.807, 2.05) is 19.1 Å². The van der Waals surface area contributed by atoms with Crippen molar-refractivity contribution in [2.24, 2.45) is 4.99 Å². The van der Waals surface area contributed by atoms with Gasteiger partial charge < -0.3 is 14.1 Å². The summed E-state index contributed by atoms with van der Waals surface area (Å²) in [6, 6.07) is 16.4. The van der Waals surface area contributed by atoms with Gasteiger partial charge in [0.1, 0.15) is 11.5 Å². The number of benzene rings is 2. The van der Waals surface area contributed by atoms with E-state index in [-0.39, 0.29) is 5.69 Å². The molecule has 7 heteroatoms. The summed E-state index contributed by atoms with van der Waals surface area (Å²) >= 11 is 0. The zero-order valence-electron chi connectivity index (χ0n) is 16.1. The second kappa shape index (κ2) is 8.28. The molecule has 0 spiro atoms. The molecule has 0 unspecified atom stereocenters. The maximum absolute atomic E-state index is 11.0. The van der Waals surface area contributed by atoms with Crippen LogP contribution in [0, 0.1) is 17.0 Å². The average Bonchev–Trinajstić information content (AvgIpc) is 3.22. The molecule has 0 saturated carbocycles. The smallest absolute Gasteiger partial charge is 0.270 e. The number of morpholine rings is 1. The van der Waals surface area contributed by atoms with E-state index < -0.39 is 4.92 Å². The quantitative estimate of drug-likeness (QED) is 0.356. The van der Waals surface area contributed by atoms with Crippen LogP contribution in [0.2, 0.25) is 0 Å². The van der Waals surface area contributed by atoms with Gasteiger partial charge in [0.05, 0.1) is 30.0 Å². The summed E-state index contributed by atoms with van der Waals surface area (Å²) in [5.41, 5.74) is 3.64. The van der Waals surface area contributed by atoms with Crippen molar-refractivity contribution in [1.29, 1.82) is 0 Å². The molecular weight excluding hydrogens is 370 g/mol. The molecule has 148 valence electrons. The molecule has 29 heavy (non-hydrogen) atoms. The first-order valence-corrected chi connectivity index (χ1v) is 9.42. The van der Waals surface area contributed by atoms with E-state index in [9.17, 15) is 10.1 Å². The fourth-order valence-corrected chi connectivity index (χ4v) is 3.27. The van der Waals surface area contributed by atoms with Crippen LogP contribution in [0.15, 0.2) is 64.0 Å². The van der Waals surface area contributed by atoms with Crippen LogP contribution < -0.4 is 4.90 Å². The van der Waals surface area contributed by atoms with Crippen LogP contribution in [0.3, 0.4) is 0 Å². The Morgan fingerprint density at radius 1 is 1.07 bits per heavy atom. The van der Waals surface area contributed by atoms with Crippen LogP contribution >= 0.6 is 0 Å².